The predicted octanol–water partition coefficient (Wildman–Crippen LogP) is 0.0356. The molecule has 0 bridgehead atoms. The third-order valence-corrected chi connectivity index (χ3v) is 2.63. The minimum atomic E-state index is -0.897. The van der Waals surface area contributed by atoms with Crippen molar-refractivity contribution >= 4 is 5.97 Å². The monoisotopic (exact) mass is 202 g/mol. The van der Waals surface area contributed by atoms with Crippen LogP contribution in [0.1, 0.15) is 12.8 Å². The number of carboxylic acids is 1. The van der Waals surface area contributed by atoms with Crippen molar-refractivity contribution in [1.29, 1.82) is 0 Å². The lowest BCUT2D eigenvalue weighted by atomic mass is 10.0. The summed E-state index contributed by atoms with van der Waals surface area (Å²) in [7, 11) is 0. The molecule has 0 aliphatic carbocycles. The summed E-state index contributed by atoms with van der Waals surface area (Å²) in [5.41, 5.74) is -0.514. The van der Waals surface area contributed by atoms with Gasteiger partial charge < -0.3 is 19.3 Å². The molecule has 1 unspecified atom stereocenters. The standard InChI is InChI=1S/C9H14O5/c10-8(11)7-1-2-9(14-7)5-12-3-4-13-6-9/h7H,1-6H2,(H,10,11). The van der Waals surface area contributed by atoms with Gasteiger partial charge in [-0.25, -0.2) is 4.79 Å². The van der Waals surface area contributed by atoms with Gasteiger partial charge in [-0.15, -0.1) is 0 Å². The molecule has 1 atom stereocenters. The average Bonchev–Trinajstić information content (AvgIpc) is 2.41. The van der Waals surface area contributed by atoms with Gasteiger partial charge in [-0.3, -0.25) is 0 Å². The first-order valence-corrected chi connectivity index (χ1v) is 4.78. The van der Waals surface area contributed by atoms with Gasteiger partial charge in [0, 0.05) is 0 Å². The normalized spacial score (nSPS) is 31.6. The lowest BCUT2D eigenvalue weighted by Crippen LogP contribution is -2.39. The zero-order chi connectivity index (χ0) is 10.0. The molecular weight excluding hydrogens is 188 g/mol. The first-order chi connectivity index (χ1) is 6.72. The van der Waals surface area contributed by atoms with Crippen LogP contribution in [0.3, 0.4) is 0 Å². The highest BCUT2D eigenvalue weighted by Crippen LogP contribution is 2.32. The zero-order valence-electron chi connectivity index (χ0n) is 7.90. The Bertz CT molecular complexity index is 219. The Morgan fingerprint density at radius 3 is 2.43 bits per heavy atom. The molecule has 80 valence electrons. The molecule has 2 saturated heterocycles. The summed E-state index contributed by atoms with van der Waals surface area (Å²) < 4.78 is 16.1. The molecule has 0 aromatic rings. The molecule has 0 amide bonds. The van der Waals surface area contributed by atoms with Crippen LogP contribution in [0.15, 0.2) is 0 Å². The molecule has 0 radical (unpaired) electrons. The van der Waals surface area contributed by atoms with Gasteiger partial charge in [-0.05, 0) is 12.8 Å². The van der Waals surface area contributed by atoms with Crippen LogP contribution in [0.4, 0.5) is 0 Å². The van der Waals surface area contributed by atoms with Crippen molar-refractivity contribution in [3.05, 3.63) is 0 Å². The van der Waals surface area contributed by atoms with E-state index >= 15 is 0 Å². The van der Waals surface area contributed by atoms with E-state index in [0.29, 0.717) is 39.3 Å². The molecule has 2 fully saturated rings. The summed E-state index contributed by atoms with van der Waals surface area (Å²) in [6, 6.07) is 0. The molecule has 2 aliphatic rings. The van der Waals surface area contributed by atoms with Crippen molar-refractivity contribution in [2.45, 2.75) is 24.5 Å². The largest absolute Gasteiger partial charge is 0.479 e. The van der Waals surface area contributed by atoms with E-state index in [4.69, 9.17) is 19.3 Å². The van der Waals surface area contributed by atoms with E-state index in [1.807, 2.05) is 0 Å². The summed E-state index contributed by atoms with van der Waals surface area (Å²) in [5.74, 6) is -0.897. The molecule has 5 heteroatoms. The molecule has 1 spiro atoms. The highest BCUT2D eigenvalue weighted by molar-refractivity contribution is 5.72. The van der Waals surface area contributed by atoms with Gasteiger partial charge in [0.1, 0.15) is 5.60 Å². The maximum Gasteiger partial charge on any atom is 0.332 e. The minimum absolute atomic E-state index is 0.441. The van der Waals surface area contributed by atoms with Gasteiger partial charge in [0.05, 0.1) is 26.4 Å². The van der Waals surface area contributed by atoms with Crippen molar-refractivity contribution in [2.75, 3.05) is 26.4 Å². The number of rotatable bonds is 1. The second-order valence-electron chi connectivity index (χ2n) is 3.77. The van der Waals surface area contributed by atoms with Gasteiger partial charge >= 0.3 is 5.97 Å². The van der Waals surface area contributed by atoms with Crippen molar-refractivity contribution in [2.24, 2.45) is 0 Å². The molecule has 0 aromatic carbocycles. The van der Waals surface area contributed by atoms with Crippen LogP contribution in [-0.2, 0) is 19.0 Å². The Balaban J connectivity index is 1.99. The van der Waals surface area contributed by atoms with Gasteiger partial charge in [-0.2, -0.15) is 0 Å². The molecule has 1 N–H and O–H groups in total. The fraction of sp³-hybridized carbons (Fsp3) is 0.889. The predicted molar refractivity (Wildman–Crippen MR) is 46.1 cm³/mol. The highest BCUT2D eigenvalue weighted by Gasteiger charge is 2.44. The Morgan fingerprint density at radius 1 is 1.29 bits per heavy atom. The summed E-state index contributed by atoms with van der Waals surface area (Å²) in [6.07, 6.45) is 0.548. The molecule has 2 aliphatic heterocycles. The van der Waals surface area contributed by atoms with Crippen LogP contribution < -0.4 is 0 Å². The van der Waals surface area contributed by atoms with Crippen LogP contribution in [0, 0.1) is 0 Å². The molecule has 0 saturated carbocycles. The Labute approximate surface area is 81.9 Å². The smallest absolute Gasteiger partial charge is 0.332 e. The fourth-order valence-electron chi connectivity index (χ4n) is 1.88. The molecule has 2 heterocycles. The summed E-state index contributed by atoms with van der Waals surface area (Å²) in [4.78, 5) is 10.7. The number of hydrogen-bond acceptors (Lipinski definition) is 4. The zero-order valence-corrected chi connectivity index (χ0v) is 7.90. The second kappa shape index (κ2) is 3.84. The summed E-state index contributed by atoms with van der Waals surface area (Å²) in [5, 5.41) is 8.79. The van der Waals surface area contributed by atoms with E-state index < -0.39 is 17.7 Å². The molecule has 14 heavy (non-hydrogen) atoms. The first kappa shape index (κ1) is 9.89. The van der Waals surface area contributed by atoms with Crippen LogP contribution in [0.2, 0.25) is 0 Å². The Hall–Kier alpha value is -0.650. The van der Waals surface area contributed by atoms with E-state index in [0.717, 1.165) is 0 Å². The number of carbonyl (C=O) groups is 1. The maximum atomic E-state index is 10.7. The van der Waals surface area contributed by atoms with E-state index in [9.17, 15) is 4.79 Å². The van der Waals surface area contributed by atoms with Gasteiger partial charge in [0.15, 0.2) is 6.10 Å². The van der Waals surface area contributed by atoms with E-state index in [1.54, 1.807) is 0 Å². The second-order valence-corrected chi connectivity index (χ2v) is 3.77. The van der Waals surface area contributed by atoms with Crippen LogP contribution >= 0.6 is 0 Å². The number of hydrogen-bond donors (Lipinski definition) is 1. The minimum Gasteiger partial charge on any atom is -0.479 e. The van der Waals surface area contributed by atoms with Gasteiger partial charge in [0.25, 0.3) is 0 Å². The van der Waals surface area contributed by atoms with E-state index in [-0.39, 0.29) is 0 Å². The molecule has 2 rings (SSSR count). The quantitative estimate of drug-likeness (QED) is 0.650. The fourth-order valence-corrected chi connectivity index (χ4v) is 1.88. The SMILES string of the molecule is O=C(O)C1CCC2(COCCOC2)O1. The lowest BCUT2D eigenvalue weighted by molar-refractivity contribution is -0.160. The number of carboxylic acid groups (broad SMARTS) is 1. The van der Waals surface area contributed by atoms with E-state index in [2.05, 4.69) is 0 Å². The van der Waals surface area contributed by atoms with Crippen molar-refractivity contribution in [1.82, 2.24) is 0 Å². The van der Waals surface area contributed by atoms with Crippen molar-refractivity contribution < 1.29 is 24.1 Å². The number of aliphatic carboxylic acids is 1. The highest BCUT2D eigenvalue weighted by atomic mass is 16.6. The van der Waals surface area contributed by atoms with Crippen molar-refractivity contribution in [3.63, 3.8) is 0 Å². The number of ether oxygens (including phenoxy) is 3. The summed E-state index contributed by atoms with van der Waals surface area (Å²) >= 11 is 0. The topological polar surface area (TPSA) is 65.0 Å². The summed E-state index contributed by atoms with van der Waals surface area (Å²) in [6.45, 7) is 2.00. The van der Waals surface area contributed by atoms with Crippen LogP contribution in [0.25, 0.3) is 0 Å². The molecule has 0 aromatic heterocycles. The third kappa shape index (κ3) is 1.89. The van der Waals surface area contributed by atoms with Gasteiger partial charge in [0.2, 0.25) is 0 Å². The molecule has 5 nitrogen and oxygen atoms in total. The average molecular weight is 202 g/mol. The van der Waals surface area contributed by atoms with Crippen LogP contribution in [-0.4, -0.2) is 49.2 Å². The van der Waals surface area contributed by atoms with Gasteiger partial charge in [-0.1, -0.05) is 0 Å². The van der Waals surface area contributed by atoms with Crippen molar-refractivity contribution in [3.8, 4) is 0 Å². The van der Waals surface area contributed by atoms with E-state index in [1.165, 1.54) is 0 Å². The first-order valence-electron chi connectivity index (χ1n) is 4.78. The Kier molecular flexibility index (Phi) is 2.71. The Morgan fingerprint density at radius 2 is 1.93 bits per heavy atom. The lowest BCUT2D eigenvalue weighted by Gasteiger charge is -2.25. The third-order valence-electron chi connectivity index (χ3n) is 2.63. The maximum absolute atomic E-state index is 10.7. The van der Waals surface area contributed by atoms with Crippen LogP contribution in [0.5, 0.6) is 0 Å². The molecular formula is C9H14O5.